The van der Waals surface area contributed by atoms with Gasteiger partial charge >= 0.3 is 0 Å². The molecule has 4 nitrogen and oxygen atoms in total. The van der Waals surface area contributed by atoms with E-state index in [2.05, 4.69) is 12.6 Å². The summed E-state index contributed by atoms with van der Waals surface area (Å²) in [6.45, 7) is 0.359. The molecule has 0 aliphatic heterocycles. The SMILES string of the molecule is O=[N+]([O-])c1ccc(OCC=CCS)c(Cl)c1. The number of ether oxygens (including phenoxy) is 1. The van der Waals surface area contributed by atoms with Gasteiger partial charge in [-0.1, -0.05) is 23.8 Å². The van der Waals surface area contributed by atoms with Crippen LogP contribution in [-0.4, -0.2) is 17.3 Å². The number of halogens is 1. The van der Waals surface area contributed by atoms with Gasteiger partial charge in [-0.05, 0) is 6.07 Å². The summed E-state index contributed by atoms with van der Waals surface area (Å²) in [5.41, 5.74) is -0.0525. The minimum atomic E-state index is -0.504. The third-order valence-corrected chi connectivity index (χ3v) is 2.24. The molecule has 0 atom stereocenters. The third-order valence-electron chi connectivity index (χ3n) is 1.73. The summed E-state index contributed by atoms with van der Waals surface area (Å²) in [7, 11) is 0. The molecule has 0 saturated carbocycles. The van der Waals surface area contributed by atoms with Crippen LogP contribution < -0.4 is 4.74 Å². The van der Waals surface area contributed by atoms with E-state index in [4.69, 9.17) is 16.3 Å². The van der Waals surface area contributed by atoms with Gasteiger partial charge in [-0.3, -0.25) is 10.1 Å². The summed E-state index contributed by atoms with van der Waals surface area (Å²) in [5, 5.41) is 10.7. The Morgan fingerprint density at radius 3 is 2.81 bits per heavy atom. The Hall–Kier alpha value is -1.20. The number of rotatable bonds is 5. The molecule has 0 N–H and O–H groups in total. The molecule has 0 aromatic heterocycles. The van der Waals surface area contributed by atoms with E-state index in [1.807, 2.05) is 6.08 Å². The second-order valence-corrected chi connectivity index (χ2v) is 3.61. The zero-order chi connectivity index (χ0) is 12.0. The first-order valence-electron chi connectivity index (χ1n) is 4.47. The number of benzene rings is 1. The fourth-order valence-corrected chi connectivity index (χ4v) is 1.38. The largest absolute Gasteiger partial charge is 0.488 e. The van der Waals surface area contributed by atoms with Crippen LogP contribution >= 0.6 is 24.2 Å². The minimum absolute atomic E-state index is 0.0525. The molecule has 0 bridgehead atoms. The fourth-order valence-electron chi connectivity index (χ4n) is 1.00. The van der Waals surface area contributed by atoms with Gasteiger partial charge in [0.05, 0.1) is 9.95 Å². The highest BCUT2D eigenvalue weighted by Crippen LogP contribution is 2.28. The van der Waals surface area contributed by atoms with E-state index in [9.17, 15) is 10.1 Å². The van der Waals surface area contributed by atoms with Crippen molar-refractivity contribution in [2.75, 3.05) is 12.4 Å². The maximum Gasteiger partial charge on any atom is 0.271 e. The van der Waals surface area contributed by atoms with Crippen molar-refractivity contribution in [3.05, 3.63) is 45.5 Å². The molecule has 0 amide bonds. The van der Waals surface area contributed by atoms with Crippen molar-refractivity contribution in [2.24, 2.45) is 0 Å². The van der Waals surface area contributed by atoms with Crippen LogP contribution in [0.5, 0.6) is 5.75 Å². The number of nitrogens with zero attached hydrogens (tertiary/aromatic N) is 1. The third kappa shape index (κ3) is 3.75. The Balaban J connectivity index is 2.68. The average molecular weight is 260 g/mol. The van der Waals surface area contributed by atoms with Gasteiger partial charge in [-0.15, -0.1) is 0 Å². The van der Waals surface area contributed by atoms with Gasteiger partial charge in [-0.25, -0.2) is 0 Å². The van der Waals surface area contributed by atoms with Gasteiger partial charge in [0.25, 0.3) is 5.69 Å². The monoisotopic (exact) mass is 259 g/mol. The normalized spacial score (nSPS) is 10.6. The maximum atomic E-state index is 10.5. The van der Waals surface area contributed by atoms with Crippen molar-refractivity contribution >= 4 is 29.9 Å². The van der Waals surface area contributed by atoms with Crippen molar-refractivity contribution in [1.29, 1.82) is 0 Å². The van der Waals surface area contributed by atoms with Gasteiger partial charge < -0.3 is 4.74 Å². The van der Waals surface area contributed by atoms with Gasteiger partial charge in [-0.2, -0.15) is 12.6 Å². The predicted octanol–water partition coefficient (Wildman–Crippen LogP) is 3.11. The number of hydrogen-bond acceptors (Lipinski definition) is 4. The Bertz CT molecular complexity index is 409. The molecule has 1 aromatic rings. The summed E-state index contributed by atoms with van der Waals surface area (Å²) >= 11 is 9.81. The molecule has 0 spiro atoms. The molecule has 0 unspecified atom stereocenters. The van der Waals surface area contributed by atoms with E-state index in [1.54, 1.807) is 6.08 Å². The maximum absolute atomic E-state index is 10.5. The predicted molar refractivity (Wildman–Crippen MR) is 66.6 cm³/mol. The van der Waals surface area contributed by atoms with Crippen LogP contribution in [0.25, 0.3) is 0 Å². The molecule has 1 aromatic carbocycles. The van der Waals surface area contributed by atoms with E-state index in [0.717, 1.165) is 0 Å². The van der Waals surface area contributed by atoms with Crippen molar-refractivity contribution < 1.29 is 9.66 Å². The Labute approximate surface area is 103 Å². The Morgan fingerprint density at radius 1 is 1.50 bits per heavy atom. The molecule has 1 rings (SSSR count). The van der Waals surface area contributed by atoms with Gasteiger partial charge in [0, 0.05) is 17.9 Å². The quantitative estimate of drug-likeness (QED) is 0.383. The molecule has 16 heavy (non-hydrogen) atoms. The molecule has 86 valence electrons. The summed E-state index contributed by atoms with van der Waals surface area (Å²) in [4.78, 5) is 9.95. The molecular formula is C10H10ClNO3S. The highest BCUT2D eigenvalue weighted by atomic mass is 35.5. The van der Waals surface area contributed by atoms with Gasteiger partial charge in [0.15, 0.2) is 0 Å². The van der Waals surface area contributed by atoms with E-state index in [-0.39, 0.29) is 10.7 Å². The second kappa shape index (κ2) is 6.40. The lowest BCUT2D eigenvalue weighted by Gasteiger charge is -2.04. The first-order valence-corrected chi connectivity index (χ1v) is 5.49. The molecule has 0 heterocycles. The van der Waals surface area contributed by atoms with Crippen molar-refractivity contribution in [1.82, 2.24) is 0 Å². The summed E-state index contributed by atoms with van der Waals surface area (Å²) in [6, 6.07) is 4.09. The van der Waals surface area contributed by atoms with Gasteiger partial charge in [0.1, 0.15) is 12.4 Å². The highest BCUT2D eigenvalue weighted by Gasteiger charge is 2.09. The van der Waals surface area contributed by atoms with Crippen molar-refractivity contribution in [3.63, 3.8) is 0 Å². The molecule has 0 radical (unpaired) electrons. The van der Waals surface area contributed by atoms with Crippen molar-refractivity contribution in [3.8, 4) is 5.75 Å². The van der Waals surface area contributed by atoms with E-state index in [0.29, 0.717) is 18.1 Å². The Morgan fingerprint density at radius 2 is 2.25 bits per heavy atom. The number of hydrogen-bond donors (Lipinski definition) is 1. The minimum Gasteiger partial charge on any atom is -0.488 e. The van der Waals surface area contributed by atoms with Crippen LogP contribution in [0.4, 0.5) is 5.69 Å². The topological polar surface area (TPSA) is 52.4 Å². The summed E-state index contributed by atoms with van der Waals surface area (Å²) in [6.07, 6.45) is 3.63. The highest BCUT2D eigenvalue weighted by molar-refractivity contribution is 7.80. The lowest BCUT2D eigenvalue weighted by Crippen LogP contribution is -1.95. The number of nitro benzene ring substituents is 1. The van der Waals surface area contributed by atoms with Gasteiger partial charge in [0.2, 0.25) is 0 Å². The number of non-ortho nitro benzene ring substituents is 1. The van der Waals surface area contributed by atoms with Crippen LogP contribution in [0.15, 0.2) is 30.4 Å². The molecular weight excluding hydrogens is 250 g/mol. The molecule has 6 heteroatoms. The zero-order valence-electron chi connectivity index (χ0n) is 8.30. The smallest absolute Gasteiger partial charge is 0.271 e. The van der Waals surface area contributed by atoms with Crippen LogP contribution in [0, 0.1) is 10.1 Å². The lowest BCUT2D eigenvalue weighted by atomic mass is 10.3. The van der Waals surface area contributed by atoms with E-state index in [1.165, 1.54) is 18.2 Å². The Kier molecular flexibility index (Phi) is 5.14. The zero-order valence-corrected chi connectivity index (χ0v) is 9.95. The van der Waals surface area contributed by atoms with Crippen LogP contribution in [0.3, 0.4) is 0 Å². The van der Waals surface area contributed by atoms with Crippen LogP contribution in [0.1, 0.15) is 0 Å². The average Bonchev–Trinajstić information content (AvgIpc) is 2.26. The molecule has 0 saturated heterocycles. The molecule has 0 aliphatic rings. The molecule has 0 fully saturated rings. The number of thiol groups is 1. The second-order valence-electron chi connectivity index (χ2n) is 2.84. The van der Waals surface area contributed by atoms with Crippen LogP contribution in [-0.2, 0) is 0 Å². The first-order chi connectivity index (χ1) is 7.65. The summed E-state index contributed by atoms with van der Waals surface area (Å²) in [5.74, 6) is 1.06. The standard InChI is InChI=1S/C10H10ClNO3S/c11-9-7-8(12(13)14)3-4-10(9)15-5-1-2-6-16/h1-4,7,16H,5-6H2. The number of nitro groups is 1. The summed E-state index contributed by atoms with van der Waals surface area (Å²) < 4.78 is 5.30. The van der Waals surface area contributed by atoms with E-state index < -0.39 is 4.92 Å². The fraction of sp³-hybridized carbons (Fsp3) is 0.200. The lowest BCUT2D eigenvalue weighted by molar-refractivity contribution is -0.384. The first kappa shape index (κ1) is 12.9. The van der Waals surface area contributed by atoms with Crippen LogP contribution in [0.2, 0.25) is 5.02 Å². The molecule has 0 aliphatic carbocycles. The van der Waals surface area contributed by atoms with E-state index >= 15 is 0 Å². The van der Waals surface area contributed by atoms with Crippen molar-refractivity contribution in [2.45, 2.75) is 0 Å².